The fourth-order valence-electron chi connectivity index (χ4n) is 3.56. The lowest BCUT2D eigenvalue weighted by Gasteiger charge is -2.13. The van der Waals surface area contributed by atoms with Crippen molar-refractivity contribution in [3.63, 3.8) is 0 Å². The van der Waals surface area contributed by atoms with Crippen molar-refractivity contribution in [1.82, 2.24) is 14.5 Å². The third kappa shape index (κ3) is 4.38. The fraction of sp³-hybridized carbons (Fsp3) is 0.240. The summed E-state index contributed by atoms with van der Waals surface area (Å²) in [6.45, 7) is 6.13. The topological polar surface area (TPSA) is 57.0 Å². The summed E-state index contributed by atoms with van der Waals surface area (Å²) in [7, 11) is 0. The van der Waals surface area contributed by atoms with E-state index in [0.717, 1.165) is 38.4 Å². The van der Waals surface area contributed by atoms with Crippen molar-refractivity contribution < 1.29 is 9.53 Å². The first kappa shape index (κ1) is 22.4. The van der Waals surface area contributed by atoms with Gasteiger partial charge in [0, 0.05) is 22.5 Å². The largest absolute Gasteiger partial charge is 0.465 e. The zero-order valence-electron chi connectivity index (χ0n) is 18.2. The molecule has 0 fully saturated rings. The van der Waals surface area contributed by atoms with E-state index in [1.54, 1.807) is 6.33 Å². The van der Waals surface area contributed by atoms with Crippen LogP contribution < -0.4 is 0 Å². The number of thioether (sulfide) groups is 1. The predicted octanol–water partition coefficient (Wildman–Crippen LogP) is 6.48. The van der Waals surface area contributed by atoms with Crippen molar-refractivity contribution in [2.24, 2.45) is 0 Å². The number of ether oxygens (including phenoxy) is 1. The van der Waals surface area contributed by atoms with Gasteiger partial charge in [0.1, 0.15) is 22.3 Å². The average Bonchev–Trinajstić information content (AvgIpc) is 3.20. The average molecular weight is 466 g/mol. The Kier molecular flexibility index (Phi) is 6.82. The van der Waals surface area contributed by atoms with Gasteiger partial charge in [-0.3, -0.25) is 4.79 Å². The van der Waals surface area contributed by atoms with Crippen LogP contribution in [0.3, 0.4) is 0 Å². The molecule has 0 aliphatic rings. The Morgan fingerprint density at radius 3 is 2.62 bits per heavy atom. The van der Waals surface area contributed by atoms with Gasteiger partial charge in [0.15, 0.2) is 0 Å². The summed E-state index contributed by atoms with van der Waals surface area (Å²) in [5, 5.41) is 2.02. The molecule has 7 heteroatoms. The lowest BCUT2D eigenvalue weighted by atomic mass is 10.1. The van der Waals surface area contributed by atoms with Gasteiger partial charge in [-0.1, -0.05) is 66.7 Å². The molecule has 0 spiro atoms. The number of aromatic nitrogens is 3. The van der Waals surface area contributed by atoms with Crippen molar-refractivity contribution in [2.45, 2.75) is 37.5 Å². The Hall–Kier alpha value is -2.83. The maximum Gasteiger partial charge on any atom is 0.319 e. The van der Waals surface area contributed by atoms with Crippen LogP contribution in [0.25, 0.3) is 27.8 Å². The molecule has 0 amide bonds. The Labute approximate surface area is 196 Å². The molecule has 1 atom stereocenters. The number of carbonyl (C=O) groups excluding carboxylic acids is 1. The molecule has 0 saturated heterocycles. The zero-order valence-corrected chi connectivity index (χ0v) is 19.8. The van der Waals surface area contributed by atoms with E-state index < -0.39 is 0 Å². The highest BCUT2D eigenvalue weighted by Gasteiger charge is 2.24. The molecule has 0 aliphatic heterocycles. The van der Waals surface area contributed by atoms with Crippen molar-refractivity contribution >= 4 is 40.4 Å². The number of hydrogen-bond acceptors (Lipinski definition) is 5. The van der Waals surface area contributed by atoms with Crippen LogP contribution in [0.5, 0.6) is 0 Å². The number of hydrogen-bond donors (Lipinski definition) is 0. The molecule has 0 bridgehead atoms. The minimum Gasteiger partial charge on any atom is -0.465 e. The fourth-order valence-corrected chi connectivity index (χ4v) is 4.76. The molecule has 2 aromatic carbocycles. The van der Waals surface area contributed by atoms with Crippen LogP contribution in [-0.4, -0.2) is 32.4 Å². The first-order valence-corrected chi connectivity index (χ1v) is 11.8. The van der Waals surface area contributed by atoms with Crippen LogP contribution in [0, 0.1) is 6.92 Å². The maximum atomic E-state index is 12.5. The zero-order chi connectivity index (χ0) is 22.7. The second-order valence-electron chi connectivity index (χ2n) is 7.36. The van der Waals surface area contributed by atoms with Gasteiger partial charge in [-0.25, -0.2) is 9.97 Å². The normalized spacial score (nSPS) is 12.1. The molecule has 0 aliphatic carbocycles. The molecule has 164 valence electrons. The van der Waals surface area contributed by atoms with Crippen LogP contribution in [0.15, 0.2) is 66.1 Å². The third-order valence-electron chi connectivity index (χ3n) is 5.24. The summed E-state index contributed by atoms with van der Waals surface area (Å²) in [6, 6.07) is 16.1. The van der Waals surface area contributed by atoms with Gasteiger partial charge in [-0.2, -0.15) is 0 Å². The molecule has 32 heavy (non-hydrogen) atoms. The molecule has 1 unspecified atom stereocenters. The molecule has 4 rings (SSSR count). The van der Waals surface area contributed by atoms with Crippen LogP contribution in [0.4, 0.5) is 0 Å². The van der Waals surface area contributed by atoms with Crippen LogP contribution >= 0.6 is 23.4 Å². The monoisotopic (exact) mass is 465 g/mol. The van der Waals surface area contributed by atoms with Crippen LogP contribution in [0.1, 0.15) is 25.8 Å². The van der Waals surface area contributed by atoms with E-state index in [9.17, 15) is 4.79 Å². The van der Waals surface area contributed by atoms with Gasteiger partial charge < -0.3 is 9.30 Å². The van der Waals surface area contributed by atoms with Gasteiger partial charge >= 0.3 is 5.97 Å². The minimum atomic E-state index is -0.339. The van der Waals surface area contributed by atoms with E-state index in [-0.39, 0.29) is 11.2 Å². The molecular formula is C25H24ClN3O2S. The van der Waals surface area contributed by atoms with E-state index in [4.69, 9.17) is 16.3 Å². The van der Waals surface area contributed by atoms with Crippen molar-refractivity contribution in [3.8, 4) is 16.8 Å². The van der Waals surface area contributed by atoms with Gasteiger partial charge in [-0.15, -0.1) is 0 Å². The number of halogens is 1. The SMILES string of the molecule is CCOC(=O)C(CC)Sc1ncnc2c1c(-c1ccccc1)cn2-c1ccc(C)c(Cl)c1. The summed E-state index contributed by atoms with van der Waals surface area (Å²) in [5.74, 6) is -0.224. The highest BCUT2D eigenvalue weighted by atomic mass is 35.5. The number of fused-ring (bicyclic) bond motifs is 1. The maximum absolute atomic E-state index is 12.5. The van der Waals surface area contributed by atoms with E-state index in [2.05, 4.69) is 28.3 Å². The quantitative estimate of drug-likeness (QED) is 0.177. The molecule has 2 aromatic heterocycles. The highest BCUT2D eigenvalue weighted by Crippen LogP contribution is 2.39. The summed E-state index contributed by atoms with van der Waals surface area (Å²) >= 11 is 7.84. The predicted molar refractivity (Wildman–Crippen MR) is 131 cm³/mol. The van der Waals surface area contributed by atoms with E-state index in [1.165, 1.54) is 11.8 Å². The number of rotatable bonds is 7. The summed E-state index contributed by atoms with van der Waals surface area (Å²) in [4.78, 5) is 21.6. The summed E-state index contributed by atoms with van der Waals surface area (Å²) < 4.78 is 7.30. The molecule has 0 radical (unpaired) electrons. The number of aryl methyl sites for hydroxylation is 1. The Balaban J connectivity index is 1.92. The van der Waals surface area contributed by atoms with E-state index in [0.29, 0.717) is 18.1 Å². The van der Waals surface area contributed by atoms with Gasteiger partial charge in [0.25, 0.3) is 0 Å². The number of esters is 1. The summed E-state index contributed by atoms with van der Waals surface area (Å²) in [6.07, 6.45) is 4.25. The Morgan fingerprint density at radius 2 is 1.94 bits per heavy atom. The lowest BCUT2D eigenvalue weighted by molar-refractivity contribution is -0.142. The second-order valence-corrected chi connectivity index (χ2v) is 8.96. The third-order valence-corrected chi connectivity index (χ3v) is 6.99. The Bertz CT molecular complexity index is 1260. The van der Waals surface area contributed by atoms with Crippen molar-refractivity contribution in [3.05, 3.63) is 71.6 Å². The standard InChI is InChI=1S/C25H24ClN3O2S/c1-4-21(25(30)31-5-2)32-24-22-19(17-9-7-6-8-10-17)14-29(23(22)27-15-28-24)18-12-11-16(3)20(26)13-18/h6-15,21H,4-5H2,1-3H3. The second kappa shape index (κ2) is 9.76. The Morgan fingerprint density at radius 1 is 1.16 bits per heavy atom. The molecule has 0 saturated carbocycles. The molecule has 4 aromatic rings. The van der Waals surface area contributed by atoms with Crippen molar-refractivity contribution in [2.75, 3.05) is 6.61 Å². The van der Waals surface area contributed by atoms with Crippen LogP contribution in [0.2, 0.25) is 5.02 Å². The molecular weight excluding hydrogens is 442 g/mol. The van der Waals surface area contributed by atoms with Gasteiger partial charge in [0.2, 0.25) is 0 Å². The summed E-state index contributed by atoms with van der Waals surface area (Å²) in [5.41, 5.74) is 4.75. The molecule has 2 heterocycles. The van der Waals surface area contributed by atoms with Gasteiger partial charge in [-0.05, 0) is 43.5 Å². The van der Waals surface area contributed by atoms with Crippen LogP contribution in [-0.2, 0) is 9.53 Å². The number of carbonyl (C=O) groups is 1. The molecule has 0 N–H and O–H groups in total. The first-order valence-electron chi connectivity index (χ1n) is 10.5. The minimum absolute atomic E-state index is 0.224. The number of benzene rings is 2. The lowest BCUT2D eigenvalue weighted by Crippen LogP contribution is -2.19. The van der Waals surface area contributed by atoms with E-state index in [1.807, 2.05) is 61.7 Å². The first-order chi connectivity index (χ1) is 15.5. The van der Waals surface area contributed by atoms with Crippen molar-refractivity contribution in [1.29, 1.82) is 0 Å². The van der Waals surface area contributed by atoms with Gasteiger partial charge in [0.05, 0.1) is 12.0 Å². The highest BCUT2D eigenvalue weighted by molar-refractivity contribution is 8.00. The smallest absolute Gasteiger partial charge is 0.319 e. The van der Waals surface area contributed by atoms with E-state index >= 15 is 0 Å². The number of nitrogens with zero attached hydrogens (tertiary/aromatic N) is 3. The molecule has 5 nitrogen and oxygen atoms in total.